The Hall–Kier alpha value is -2.05. The van der Waals surface area contributed by atoms with Gasteiger partial charge in [-0.05, 0) is 48.7 Å². The van der Waals surface area contributed by atoms with Gasteiger partial charge < -0.3 is 19.5 Å². The molecule has 0 unspecified atom stereocenters. The average molecular weight is 345 g/mol. The molecule has 0 bridgehead atoms. The summed E-state index contributed by atoms with van der Waals surface area (Å²) in [6.07, 6.45) is 2.26. The summed E-state index contributed by atoms with van der Waals surface area (Å²) in [6, 6.07) is 9.71. The van der Waals surface area contributed by atoms with Crippen molar-refractivity contribution in [3.05, 3.63) is 35.2 Å². The maximum atomic E-state index is 12.3. The molecule has 0 spiro atoms. The van der Waals surface area contributed by atoms with Gasteiger partial charge in [-0.25, -0.2) is 0 Å². The summed E-state index contributed by atoms with van der Waals surface area (Å²) < 4.78 is 16.7. The summed E-state index contributed by atoms with van der Waals surface area (Å²) in [5, 5.41) is 2.96. The maximum Gasteiger partial charge on any atom is 0.261 e. The van der Waals surface area contributed by atoms with Crippen molar-refractivity contribution in [3.8, 4) is 21.9 Å². The minimum absolute atomic E-state index is 0.0423. The largest absolute Gasteiger partial charge is 0.486 e. The third-order valence-corrected chi connectivity index (χ3v) is 5.30. The molecule has 0 radical (unpaired) electrons. The lowest BCUT2D eigenvalue weighted by Crippen LogP contribution is -2.31. The topological polar surface area (TPSA) is 56.8 Å². The van der Waals surface area contributed by atoms with E-state index in [9.17, 15) is 4.79 Å². The number of carbonyl (C=O) groups excluding carboxylic acids is 1. The lowest BCUT2D eigenvalue weighted by Gasteiger charge is -2.18. The van der Waals surface area contributed by atoms with Crippen molar-refractivity contribution in [2.45, 2.75) is 18.9 Å². The van der Waals surface area contributed by atoms with E-state index in [0.717, 1.165) is 41.4 Å². The molecule has 1 aromatic heterocycles. The lowest BCUT2D eigenvalue weighted by molar-refractivity contribution is 0.0861. The normalized spacial score (nSPS) is 19.2. The van der Waals surface area contributed by atoms with Crippen molar-refractivity contribution in [2.75, 3.05) is 26.4 Å². The summed E-state index contributed by atoms with van der Waals surface area (Å²) in [5.74, 6) is 1.49. The van der Waals surface area contributed by atoms with Crippen LogP contribution in [0.1, 0.15) is 22.5 Å². The van der Waals surface area contributed by atoms with Gasteiger partial charge in [0.1, 0.15) is 13.2 Å². The van der Waals surface area contributed by atoms with Crippen LogP contribution in [-0.4, -0.2) is 38.4 Å². The number of thiophene rings is 1. The molecular weight excluding hydrogens is 326 g/mol. The molecular formula is C18H19NO4S. The second-order valence-corrected chi connectivity index (χ2v) is 6.95. The first-order valence-corrected chi connectivity index (χ1v) is 9.01. The average Bonchev–Trinajstić information content (AvgIpc) is 3.31. The number of rotatable bonds is 4. The lowest BCUT2D eigenvalue weighted by atomic mass is 10.1. The highest BCUT2D eigenvalue weighted by atomic mass is 32.1. The van der Waals surface area contributed by atoms with E-state index in [0.29, 0.717) is 24.6 Å². The zero-order chi connectivity index (χ0) is 16.4. The van der Waals surface area contributed by atoms with E-state index in [2.05, 4.69) is 5.32 Å². The van der Waals surface area contributed by atoms with Gasteiger partial charge in [-0.1, -0.05) is 0 Å². The van der Waals surface area contributed by atoms with Gasteiger partial charge in [0.25, 0.3) is 5.91 Å². The summed E-state index contributed by atoms with van der Waals surface area (Å²) in [7, 11) is 0. The van der Waals surface area contributed by atoms with Gasteiger partial charge in [-0.3, -0.25) is 4.79 Å². The van der Waals surface area contributed by atoms with E-state index in [-0.39, 0.29) is 12.0 Å². The number of hydrogen-bond acceptors (Lipinski definition) is 5. The third-order valence-electron chi connectivity index (χ3n) is 4.17. The molecule has 1 N–H and O–H groups in total. The molecule has 2 aliphatic heterocycles. The van der Waals surface area contributed by atoms with Crippen LogP contribution in [0.3, 0.4) is 0 Å². The van der Waals surface area contributed by atoms with E-state index < -0.39 is 0 Å². The van der Waals surface area contributed by atoms with Crippen molar-refractivity contribution in [1.29, 1.82) is 0 Å². The number of amides is 1. The standard InChI is InChI=1S/C18H19NO4S/c20-18(19-11-13-2-1-7-21-13)17-6-5-16(24-17)12-3-4-14-15(10-12)23-9-8-22-14/h3-6,10,13H,1-2,7-9,11H2,(H,19,20)/t13-/m1/s1. The molecule has 0 saturated carbocycles. The second kappa shape index (κ2) is 6.83. The fourth-order valence-corrected chi connectivity index (χ4v) is 3.83. The SMILES string of the molecule is O=C(NC[C@H]1CCCO1)c1ccc(-c2ccc3c(c2)OCCO3)s1. The predicted molar refractivity (Wildman–Crippen MR) is 92.1 cm³/mol. The van der Waals surface area contributed by atoms with Gasteiger partial charge in [-0.15, -0.1) is 11.3 Å². The molecule has 5 nitrogen and oxygen atoms in total. The van der Waals surface area contributed by atoms with E-state index in [1.54, 1.807) is 0 Å². The number of ether oxygens (including phenoxy) is 3. The molecule has 126 valence electrons. The van der Waals surface area contributed by atoms with Gasteiger partial charge in [-0.2, -0.15) is 0 Å². The minimum Gasteiger partial charge on any atom is -0.486 e. The van der Waals surface area contributed by atoms with Crippen molar-refractivity contribution < 1.29 is 19.0 Å². The third kappa shape index (κ3) is 3.25. The molecule has 6 heteroatoms. The molecule has 0 aliphatic carbocycles. The molecule has 3 heterocycles. The molecule has 1 fully saturated rings. The van der Waals surface area contributed by atoms with Crippen LogP contribution in [-0.2, 0) is 4.74 Å². The first-order valence-electron chi connectivity index (χ1n) is 8.19. The van der Waals surface area contributed by atoms with E-state index in [1.807, 2.05) is 30.3 Å². The molecule has 24 heavy (non-hydrogen) atoms. The van der Waals surface area contributed by atoms with Gasteiger partial charge in [0.15, 0.2) is 11.5 Å². The molecule has 1 atom stereocenters. The van der Waals surface area contributed by atoms with Crippen molar-refractivity contribution in [3.63, 3.8) is 0 Å². The van der Waals surface area contributed by atoms with Crippen LogP contribution in [0.15, 0.2) is 30.3 Å². The van der Waals surface area contributed by atoms with Crippen LogP contribution < -0.4 is 14.8 Å². The highest BCUT2D eigenvalue weighted by Crippen LogP contribution is 2.36. The summed E-state index contributed by atoms with van der Waals surface area (Å²) in [5.41, 5.74) is 1.03. The zero-order valence-electron chi connectivity index (χ0n) is 13.2. The molecule has 1 aromatic carbocycles. The van der Waals surface area contributed by atoms with Crippen LogP contribution in [0.25, 0.3) is 10.4 Å². The van der Waals surface area contributed by atoms with Crippen molar-refractivity contribution in [2.24, 2.45) is 0 Å². The summed E-state index contributed by atoms with van der Waals surface area (Å²) in [6.45, 7) is 2.53. The van der Waals surface area contributed by atoms with Gasteiger partial charge >= 0.3 is 0 Å². The monoisotopic (exact) mass is 345 g/mol. The summed E-state index contributed by atoms with van der Waals surface area (Å²) >= 11 is 1.48. The van der Waals surface area contributed by atoms with E-state index in [4.69, 9.17) is 14.2 Å². The van der Waals surface area contributed by atoms with Gasteiger partial charge in [0.2, 0.25) is 0 Å². The Bertz CT molecular complexity index is 736. The molecule has 2 aromatic rings. The second-order valence-electron chi connectivity index (χ2n) is 5.87. The predicted octanol–water partition coefficient (Wildman–Crippen LogP) is 3.10. The van der Waals surface area contributed by atoms with Crippen molar-refractivity contribution >= 4 is 17.2 Å². The number of nitrogens with one attached hydrogen (secondary N) is 1. The molecule has 4 rings (SSSR count). The van der Waals surface area contributed by atoms with Crippen LogP contribution in [0.2, 0.25) is 0 Å². The van der Waals surface area contributed by atoms with Gasteiger partial charge in [0, 0.05) is 18.0 Å². The Kier molecular flexibility index (Phi) is 4.40. The Morgan fingerprint density at radius 2 is 2.00 bits per heavy atom. The zero-order valence-corrected chi connectivity index (χ0v) is 14.1. The number of fused-ring (bicyclic) bond motifs is 1. The van der Waals surface area contributed by atoms with Gasteiger partial charge in [0.05, 0.1) is 11.0 Å². The quantitative estimate of drug-likeness (QED) is 0.925. The number of hydrogen-bond donors (Lipinski definition) is 1. The van der Waals surface area contributed by atoms with Crippen molar-refractivity contribution in [1.82, 2.24) is 5.32 Å². The fourth-order valence-electron chi connectivity index (χ4n) is 2.91. The minimum atomic E-state index is -0.0423. The van der Waals surface area contributed by atoms with Crippen LogP contribution in [0.5, 0.6) is 11.5 Å². The molecule has 2 aliphatic rings. The van der Waals surface area contributed by atoms with E-state index in [1.165, 1.54) is 11.3 Å². The molecule has 1 amide bonds. The number of benzene rings is 1. The maximum absolute atomic E-state index is 12.3. The van der Waals surface area contributed by atoms with Crippen LogP contribution in [0.4, 0.5) is 0 Å². The first kappa shape index (κ1) is 15.5. The summed E-state index contributed by atoms with van der Waals surface area (Å²) in [4.78, 5) is 14.0. The Morgan fingerprint density at radius 1 is 1.12 bits per heavy atom. The Morgan fingerprint density at radius 3 is 2.83 bits per heavy atom. The van der Waals surface area contributed by atoms with Crippen LogP contribution >= 0.6 is 11.3 Å². The highest BCUT2D eigenvalue weighted by Gasteiger charge is 2.18. The Balaban J connectivity index is 1.45. The first-order chi connectivity index (χ1) is 11.8. The molecule has 1 saturated heterocycles. The van der Waals surface area contributed by atoms with E-state index >= 15 is 0 Å². The fraction of sp³-hybridized carbons (Fsp3) is 0.389. The Labute approximate surface area is 144 Å². The smallest absolute Gasteiger partial charge is 0.261 e. The number of carbonyl (C=O) groups is 1. The van der Waals surface area contributed by atoms with Crippen LogP contribution in [0, 0.1) is 0 Å². The highest BCUT2D eigenvalue weighted by molar-refractivity contribution is 7.17.